The van der Waals surface area contributed by atoms with E-state index in [-0.39, 0.29) is 6.04 Å². The van der Waals surface area contributed by atoms with Gasteiger partial charge in [-0.05, 0) is 49.1 Å². The van der Waals surface area contributed by atoms with E-state index in [0.29, 0.717) is 4.90 Å². The number of sulfonamides is 1. The SMILES string of the molecule is O=S(=O)(NC1CCCC1)c1ccc2c(c1)CNCC2. The molecule has 1 aliphatic carbocycles. The minimum absolute atomic E-state index is 0.124. The highest BCUT2D eigenvalue weighted by Gasteiger charge is 2.23. The quantitative estimate of drug-likeness (QED) is 0.883. The third kappa shape index (κ3) is 2.83. The lowest BCUT2D eigenvalue weighted by Gasteiger charge is -2.19. The molecule has 4 nitrogen and oxygen atoms in total. The fourth-order valence-corrected chi connectivity index (χ4v) is 4.31. The number of nitrogens with one attached hydrogen (secondary N) is 2. The number of hydrogen-bond donors (Lipinski definition) is 2. The van der Waals surface area contributed by atoms with Gasteiger partial charge in [0, 0.05) is 12.6 Å². The maximum absolute atomic E-state index is 12.3. The molecular weight excluding hydrogens is 260 g/mol. The normalized spacial score (nSPS) is 20.4. The molecule has 3 rings (SSSR count). The molecule has 0 amide bonds. The number of benzene rings is 1. The Morgan fingerprint density at radius 1 is 1.16 bits per heavy atom. The van der Waals surface area contributed by atoms with E-state index < -0.39 is 10.0 Å². The molecule has 0 radical (unpaired) electrons. The van der Waals surface area contributed by atoms with Crippen molar-refractivity contribution < 1.29 is 8.42 Å². The van der Waals surface area contributed by atoms with E-state index >= 15 is 0 Å². The molecule has 2 aliphatic rings. The number of hydrogen-bond acceptors (Lipinski definition) is 3. The molecule has 0 saturated heterocycles. The molecule has 1 aliphatic heterocycles. The fraction of sp³-hybridized carbons (Fsp3) is 0.571. The predicted molar refractivity (Wildman–Crippen MR) is 74.4 cm³/mol. The lowest BCUT2D eigenvalue weighted by Crippen LogP contribution is -2.33. The van der Waals surface area contributed by atoms with Crippen molar-refractivity contribution in [1.29, 1.82) is 0 Å². The van der Waals surface area contributed by atoms with E-state index in [0.717, 1.165) is 50.8 Å². The van der Waals surface area contributed by atoms with Gasteiger partial charge < -0.3 is 5.32 Å². The van der Waals surface area contributed by atoms with Gasteiger partial charge in [-0.2, -0.15) is 0 Å². The molecule has 1 heterocycles. The van der Waals surface area contributed by atoms with Gasteiger partial charge >= 0.3 is 0 Å². The second-order valence-electron chi connectivity index (χ2n) is 5.46. The minimum atomic E-state index is -3.35. The maximum atomic E-state index is 12.3. The molecule has 2 N–H and O–H groups in total. The molecule has 1 fully saturated rings. The number of rotatable bonds is 3. The van der Waals surface area contributed by atoms with E-state index in [4.69, 9.17) is 0 Å². The highest BCUT2D eigenvalue weighted by Crippen LogP contribution is 2.22. The summed E-state index contributed by atoms with van der Waals surface area (Å²) < 4.78 is 27.5. The largest absolute Gasteiger partial charge is 0.312 e. The molecule has 5 heteroatoms. The summed E-state index contributed by atoms with van der Waals surface area (Å²) in [6.07, 6.45) is 5.16. The van der Waals surface area contributed by atoms with Crippen LogP contribution in [-0.2, 0) is 23.0 Å². The van der Waals surface area contributed by atoms with Gasteiger partial charge in [-0.1, -0.05) is 18.9 Å². The summed E-state index contributed by atoms with van der Waals surface area (Å²) in [5, 5.41) is 3.28. The Balaban J connectivity index is 1.84. The first-order valence-electron chi connectivity index (χ1n) is 7.00. The van der Waals surface area contributed by atoms with Crippen molar-refractivity contribution in [2.24, 2.45) is 0 Å². The molecule has 1 aromatic carbocycles. The zero-order valence-electron chi connectivity index (χ0n) is 11.0. The summed E-state index contributed by atoms with van der Waals surface area (Å²) in [4.78, 5) is 0.404. The van der Waals surface area contributed by atoms with Gasteiger partial charge in [-0.3, -0.25) is 0 Å². The Morgan fingerprint density at radius 2 is 1.95 bits per heavy atom. The molecule has 0 atom stereocenters. The Labute approximate surface area is 114 Å². The first kappa shape index (κ1) is 13.1. The predicted octanol–water partition coefficient (Wildman–Crippen LogP) is 1.55. The first-order chi connectivity index (χ1) is 9.15. The van der Waals surface area contributed by atoms with Gasteiger partial charge in [0.2, 0.25) is 10.0 Å². The lowest BCUT2D eigenvalue weighted by atomic mass is 10.0. The van der Waals surface area contributed by atoms with Crippen molar-refractivity contribution in [3.8, 4) is 0 Å². The van der Waals surface area contributed by atoms with Crippen LogP contribution in [0.25, 0.3) is 0 Å². The third-order valence-corrected chi connectivity index (χ3v) is 5.57. The maximum Gasteiger partial charge on any atom is 0.240 e. The summed E-state index contributed by atoms with van der Waals surface area (Å²) in [6, 6.07) is 5.64. The van der Waals surface area contributed by atoms with Crippen LogP contribution in [0.1, 0.15) is 36.8 Å². The van der Waals surface area contributed by atoms with Crippen LogP contribution in [0.3, 0.4) is 0 Å². The van der Waals surface area contributed by atoms with Crippen molar-refractivity contribution in [2.45, 2.75) is 49.6 Å². The van der Waals surface area contributed by atoms with Crippen molar-refractivity contribution in [3.05, 3.63) is 29.3 Å². The second kappa shape index (κ2) is 5.23. The molecule has 19 heavy (non-hydrogen) atoms. The van der Waals surface area contributed by atoms with Crippen molar-refractivity contribution in [3.63, 3.8) is 0 Å². The molecule has 0 aromatic heterocycles. The first-order valence-corrected chi connectivity index (χ1v) is 8.48. The van der Waals surface area contributed by atoms with E-state index in [1.165, 1.54) is 5.56 Å². The van der Waals surface area contributed by atoms with E-state index in [1.807, 2.05) is 12.1 Å². The van der Waals surface area contributed by atoms with Gasteiger partial charge in [-0.25, -0.2) is 13.1 Å². The smallest absolute Gasteiger partial charge is 0.240 e. The van der Waals surface area contributed by atoms with Gasteiger partial charge in [0.15, 0.2) is 0 Å². The van der Waals surface area contributed by atoms with Crippen LogP contribution in [0.15, 0.2) is 23.1 Å². The zero-order valence-corrected chi connectivity index (χ0v) is 11.8. The standard InChI is InChI=1S/C14H20N2O2S/c17-19(18,16-13-3-1-2-4-13)14-6-5-11-7-8-15-10-12(11)9-14/h5-6,9,13,15-16H,1-4,7-8,10H2. The highest BCUT2D eigenvalue weighted by molar-refractivity contribution is 7.89. The van der Waals surface area contributed by atoms with Crippen LogP contribution in [0.2, 0.25) is 0 Å². The van der Waals surface area contributed by atoms with Gasteiger partial charge in [0.25, 0.3) is 0 Å². The van der Waals surface area contributed by atoms with Crippen LogP contribution in [0.5, 0.6) is 0 Å². The molecule has 104 valence electrons. The van der Waals surface area contributed by atoms with E-state index in [1.54, 1.807) is 6.07 Å². The Kier molecular flexibility index (Phi) is 3.60. The second-order valence-corrected chi connectivity index (χ2v) is 7.17. The Morgan fingerprint density at radius 3 is 2.74 bits per heavy atom. The molecule has 0 unspecified atom stereocenters. The van der Waals surface area contributed by atoms with Crippen LogP contribution in [0.4, 0.5) is 0 Å². The molecule has 0 bridgehead atoms. The number of fused-ring (bicyclic) bond motifs is 1. The summed E-state index contributed by atoms with van der Waals surface area (Å²) >= 11 is 0. The average molecular weight is 280 g/mol. The van der Waals surface area contributed by atoms with Crippen molar-refractivity contribution >= 4 is 10.0 Å². The molecular formula is C14H20N2O2S. The fourth-order valence-electron chi connectivity index (χ4n) is 2.96. The van der Waals surface area contributed by atoms with Crippen LogP contribution in [0, 0.1) is 0 Å². The van der Waals surface area contributed by atoms with Crippen molar-refractivity contribution in [1.82, 2.24) is 10.0 Å². The summed E-state index contributed by atoms with van der Waals surface area (Å²) in [5.74, 6) is 0. The summed E-state index contributed by atoms with van der Waals surface area (Å²) in [7, 11) is -3.35. The van der Waals surface area contributed by atoms with Gasteiger partial charge in [0.05, 0.1) is 4.90 Å². The third-order valence-electron chi connectivity index (χ3n) is 4.05. The topological polar surface area (TPSA) is 58.2 Å². The lowest BCUT2D eigenvalue weighted by molar-refractivity contribution is 0.551. The zero-order chi connectivity index (χ0) is 13.3. The summed E-state index contributed by atoms with van der Waals surface area (Å²) in [5.41, 5.74) is 2.37. The Hall–Kier alpha value is -0.910. The van der Waals surface area contributed by atoms with Gasteiger partial charge in [0.1, 0.15) is 0 Å². The Bertz CT molecular complexity index is 563. The minimum Gasteiger partial charge on any atom is -0.312 e. The highest BCUT2D eigenvalue weighted by atomic mass is 32.2. The average Bonchev–Trinajstić information content (AvgIpc) is 2.90. The van der Waals surface area contributed by atoms with Crippen LogP contribution >= 0.6 is 0 Å². The van der Waals surface area contributed by atoms with E-state index in [9.17, 15) is 8.42 Å². The molecule has 1 saturated carbocycles. The van der Waals surface area contributed by atoms with E-state index in [2.05, 4.69) is 10.0 Å². The van der Waals surface area contributed by atoms with Crippen LogP contribution in [-0.4, -0.2) is 21.0 Å². The van der Waals surface area contributed by atoms with Crippen LogP contribution < -0.4 is 10.0 Å². The summed E-state index contributed by atoms with van der Waals surface area (Å²) in [6.45, 7) is 1.74. The molecule has 1 aromatic rings. The monoisotopic (exact) mass is 280 g/mol. The molecule has 0 spiro atoms. The van der Waals surface area contributed by atoms with Gasteiger partial charge in [-0.15, -0.1) is 0 Å². The van der Waals surface area contributed by atoms with Crippen molar-refractivity contribution in [2.75, 3.05) is 6.54 Å².